The molecular formula is C18H11Cl2N5O. The fraction of sp³-hybridized carbons (Fsp3) is 0. The van der Waals surface area contributed by atoms with Crippen LogP contribution >= 0.6 is 23.2 Å². The highest BCUT2D eigenvalue weighted by Crippen LogP contribution is 2.23. The quantitative estimate of drug-likeness (QED) is 0.683. The molecule has 6 nitrogen and oxygen atoms in total. The monoisotopic (exact) mass is 383 g/mol. The van der Waals surface area contributed by atoms with Gasteiger partial charge in [-0.1, -0.05) is 29.3 Å². The maximum Gasteiger partial charge on any atom is 0.274 e. The Kier molecular flexibility index (Phi) is 5.32. The maximum absolute atomic E-state index is 12.4. The second-order valence-corrected chi connectivity index (χ2v) is 6.07. The molecule has 26 heavy (non-hydrogen) atoms. The van der Waals surface area contributed by atoms with Gasteiger partial charge in [-0.15, -0.1) is 0 Å². The van der Waals surface area contributed by atoms with E-state index < -0.39 is 5.91 Å². The molecule has 0 atom stereocenters. The molecule has 0 bridgehead atoms. The molecule has 128 valence electrons. The fourth-order valence-corrected chi connectivity index (χ4v) is 2.69. The summed E-state index contributed by atoms with van der Waals surface area (Å²) < 4.78 is 0. The highest BCUT2D eigenvalue weighted by molar-refractivity contribution is 6.35. The summed E-state index contributed by atoms with van der Waals surface area (Å²) in [6.07, 6.45) is 1.46. The molecule has 2 N–H and O–H groups in total. The molecule has 0 aliphatic carbocycles. The summed E-state index contributed by atoms with van der Waals surface area (Å²) in [7, 11) is 0. The summed E-state index contributed by atoms with van der Waals surface area (Å²) in [6, 6.07) is 15.1. The lowest BCUT2D eigenvalue weighted by Gasteiger charge is -2.08. The summed E-state index contributed by atoms with van der Waals surface area (Å²) in [4.78, 5) is 20.6. The van der Waals surface area contributed by atoms with Gasteiger partial charge in [0.25, 0.3) is 5.91 Å². The summed E-state index contributed by atoms with van der Waals surface area (Å²) in [6.45, 7) is 0. The van der Waals surface area contributed by atoms with Crippen molar-refractivity contribution in [2.75, 3.05) is 10.6 Å². The number of carbonyl (C=O) groups is 1. The van der Waals surface area contributed by atoms with Gasteiger partial charge in [-0.3, -0.25) is 4.79 Å². The zero-order valence-electron chi connectivity index (χ0n) is 13.2. The zero-order valence-corrected chi connectivity index (χ0v) is 14.7. The molecule has 0 saturated heterocycles. The van der Waals surface area contributed by atoms with E-state index >= 15 is 0 Å². The van der Waals surface area contributed by atoms with Gasteiger partial charge in [0.05, 0.1) is 11.6 Å². The summed E-state index contributed by atoms with van der Waals surface area (Å²) in [5.74, 6) is -0.198. The number of anilines is 3. The lowest BCUT2D eigenvalue weighted by molar-refractivity contribution is 0.102. The molecule has 1 aromatic heterocycles. The number of rotatable bonds is 4. The largest absolute Gasteiger partial charge is 0.324 e. The van der Waals surface area contributed by atoms with E-state index in [0.29, 0.717) is 27.0 Å². The van der Waals surface area contributed by atoms with Gasteiger partial charge in [0.1, 0.15) is 5.69 Å². The average molecular weight is 384 g/mol. The van der Waals surface area contributed by atoms with Crippen LogP contribution in [0.4, 0.5) is 17.3 Å². The molecule has 0 spiro atoms. The molecule has 0 aliphatic rings. The van der Waals surface area contributed by atoms with Crippen molar-refractivity contribution >= 4 is 46.4 Å². The summed E-state index contributed by atoms with van der Waals surface area (Å²) in [5.41, 5.74) is 1.77. The van der Waals surface area contributed by atoms with E-state index in [4.69, 9.17) is 28.5 Å². The lowest BCUT2D eigenvalue weighted by atomic mass is 10.2. The number of hydrogen-bond donors (Lipinski definition) is 2. The van der Waals surface area contributed by atoms with E-state index in [2.05, 4.69) is 26.7 Å². The number of carbonyl (C=O) groups excluding carboxylic acids is 1. The van der Waals surface area contributed by atoms with Gasteiger partial charge in [-0.25, -0.2) is 9.97 Å². The predicted molar refractivity (Wildman–Crippen MR) is 101 cm³/mol. The molecule has 1 amide bonds. The maximum atomic E-state index is 12.4. The molecule has 1 heterocycles. The molecule has 2 aromatic carbocycles. The topological polar surface area (TPSA) is 90.7 Å². The minimum absolute atomic E-state index is 0.162. The van der Waals surface area contributed by atoms with Crippen molar-refractivity contribution < 1.29 is 4.79 Å². The van der Waals surface area contributed by atoms with Crippen LogP contribution in [-0.4, -0.2) is 15.9 Å². The Balaban J connectivity index is 1.77. The van der Waals surface area contributed by atoms with Crippen molar-refractivity contribution in [2.24, 2.45) is 0 Å². The van der Waals surface area contributed by atoms with Gasteiger partial charge in [0, 0.05) is 27.6 Å². The second kappa shape index (κ2) is 7.83. The third-order valence-electron chi connectivity index (χ3n) is 3.26. The van der Waals surface area contributed by atoms with E-state index in [1.165, 1.54) is 12.3 Å². The third kappa shape index (κ3) is 4.48. The predicted octanol–water partition coefficient (Wildman–Crippen LogP) is 4.65. The van der Waals surface area contributed by atoms with Crippen LogP contribution in [0.3, 0.4) is 0 Å². The second-order valence-electron chi connectivity index (χ2n) is 5.20. The average Bonchev–Trinajstić information content (AvgIpc) is 2.61. The minimum Gasteiger partial charge on any atom is -0.324 e. The van der Waals surface area contributed by atoms with Gasteiger partial charge in [-0.05, 0) is 42.5 Å². The van der Waals surface area contributed by atoms with Crippen LogP contribution < -0.4 is 10.6 Å². The molecule has 0 fully saturated rings. The van der Waals surface area contributed by atoms with E-state index in [0.717, 1.165) is 0 Å². The first-order valence-electron chi connectivity index (χ1n) is 7.41. The van der Waals surface area contributed by atoms with E-state index in [1.807, 2.05) is 0 Å². The van der Waals surface area contributed by atoms with Crippen LogP contribution in [0.15, 0.2) is 54.7 Å². The fourth-order valence-electron chi connectivity index (χ4n) is 2.16. The molecule has 3 aromatic rings. The Morgan fingerprint density at radius 1 is 1.04 bits per heavy atom. The number of benzene rings is 2. The number of amides is 1. The van der Waals surface area contributed by atoms with Gasteiger partial charge in [0.2, 0.25) is 5.95 Å². The van der Waals surface area contributed by atoms with Crippen molar-refractivity contribution in [1.82, 2.24) is 9.97 Å². The Bertz CT molecular complexity index is 996. The van der Waals surface area contributed by atoms with E-state index in [-0.39, 0.29) is 11.6 Å². The Morgan fingerprint density at radius 3 is 2.54 bits per heavy atom. The number of hydrogen-bond acceptors (Lipinski definition) is 5. The van der Waals surface area contributed by atoms with E-state index in [9.17, 15) is 4.79 Å². The lowest BCUT2D eigenvalue weighted by Crippen LogP contribution is -2.14. The molecule has 3 rings (SSSR count). The Labute approximate surface area is 159 Å². The van der Waals surface area contributed by atoms with Gasteiger partial charge < -0.3 is 10.6 Å². The first-order chi connectivity index (χ1) is 12.5. The molecular weight excluding hydrogens is 373 g/mol. The number of nitriles is 1. The molecule has 0 aliphatic heterocycles. The van der Waals surface area contributed by atoms with Gasteiger partial charge >= 0.3 is 0 Å². The molecule has 0 radical (unpaired) electrons. The Hall–Kier alpha value is -3.14. The zero-order chi connectivity index (χ0) is 18.5. The van der Waals surface area contributed by atoms with Crippen molar-refractivity contribution in [3.63, 3.8) is 0 Å². The summed E-state index contributed by atoms with van der Waals surface area (Å²) >= 11 is 11.9. The summed E-state index contributed by atoms with van der Waals surface area (Å²) in [5, 5.41) is 15.4. The van der Waals surface area contributed by atoms with Gasteiger partial charge in [0.15, 0.2) is 0 Å². The van der Waals surface area contributed by atoms with Crippen molar-refractivity contribution in [2.45, 2.75) is 0 Å². The number of nitrogens with zero attached hydrogens (tertiary/aromatic N) is 3. The highest BCUT2D eigenvalue weighted by atomic mass is 35.5. The minimum atomic E-state index is -0.431. The van der Waals surface area contributed by atoms with Crippen molar-refractivity contribution in [3.05, 3.63) is 76.0 Å². The number of aromatic nitrogens is 2. The molecule has 0 unspecified atom stereocenters. The smallest absolute Gasteiger partial charge is 0.274 e. The first kappa shape index (κ1) is 17.7. The molecule has 0 saturated carbocycles. The first-order valence-corrected chi connectivity index (χ1v) is 8.17. The van der Waals surface area contributed by atoms with Gasteiger partial charge in [-0.2, -0.15) is 5.26 Å². The molecule has 8 heteroatoms. The van der Waals surface area contributed by atoms with Crippen LogP contribution in [0.1, 0.15) is 16.1 Å². The van der Waals surface area contributed by atoms with Crippen LogP contribution in [0.25, 0.3) is 0 Å². The van der Waals surface area contributed by atoms with Crippen LogP contribution in [0, 0.1) is 11.3 Å². The normalized spacial score (nSPS) is 10.0. The van der Waals surface area contributed by atoms with Crippen molar-refractivity contribution in [3.8, 4) is 6.07 Å². The number of nitrogens with one attached hydrogen (secondary N) is 2. The van der Waals surface area contributed by atoms with Crippen LogP contribution in [0.2, 0.25) is 10.0 Å². The van der Waals surface area contributed by atoms with E-state index in [1.54, 1.807) is 42.5 Å². The van der Waals surface area contributed by atoms with Crippen LogP contribution in [-0.2, 0) is 0 Å². The standard InChI is InChI=1S/C18H11Cl2N5O/c19-12-7-13(20)9-15(8-12)23-17(26)16-4-5-22-18(25-16)24-14-3-1-2-11(6-14)10-21/h1-9H,(H,23,26)(H,22,24,25). The highest BCUT2D eigenvalue weighted by Gasteiger charge is 2.10. The SMILES string of the molecule is N#Cc1cccc(Nc2nccc(C(=O)Nc3cc(Cl)cc(Cl)c3)n2)c1. The number of halogens is 2. The van der Waals surface area contributed by atoms with Crippen LogP contribution in [0.5, 0.6) is 0 Å². The Morgan fingerprint density at radius 2 is 1.81 bits per heavy atom. The third-order valence-corrected chi connectivity index (χ3v) is 3.69. The van der Waals surface area contributed by atoms with Crippen molar-refractivity contribution in [1.29, 1.82) is 5.26 Å².